The molecule has 1 aliphatic heterocycles. The normalized spacial score (nSPS) is 15.3. The van der Waals surface area contributed by atoms with Crippen molar-refractivity contribution < 1.29 is 13.6 Å². The molecule has 3 aromatic carbocycles. The number of anilines is 5. The number of nitrogens with zero attached hydrogens (tertiary/aromatic N) is 4. The molecule has 35 heavy (non-hydrogen) atoms. The third kappa shape index (κ3) is 5.18. The molecule has 1 fully saturated rings. The highest BCUT2D eigenvalue weighted by molar-refractivity contribution is 8.00. The van der Waals surface area contributed by atoms with Crippen molar-refractivity contribution in [3.8, 4) is 0 Å². The molecule has 0 spiro atoms. The second-order valence-corrected chi connectivity index (χ2v) is 8.97. The minimum absolute atomic E-state index is 0.106. The fourth-order valence-electron chi connectivity index (χ4n) is 3.45. The van der Waals surface area contributed by atoms with Gasteiger partial charge in [-0.15, -0.1) is 11.8 Å². The number of carbonyl (C=O) groups excluding carboxylic acids is 1. The highest BCUT2D eigenvalue weighted by Gasteiger charge is 2.37. The van der Waals surface area contributed by atoms with Crippen molar-refractivity contribution in [3.05, 3.63) is 95.0 Å². The maximum Gasteiger partial charge on any atom is 0.240 e. The lowest BCUT2D eigenvalue weighted by atomic mass is 10.2. The van der Waals surface area contributed by atoms with Gasteiger partial charge in [-0.3, -0.25) is 9.69 Å². The van der Waals surface area contributed by atoms with E-state index in [9.17, 15) is 13.6 Å². The summed E-state index contributed by atoms with van der Waals surface area (Å²) < 4.78 is 26.7. The van der Waals surface area contributed by atoms with Gasteiger partial charge in [0.05, 0.1) is 5.75 Å². The van der Waals surface area contributed by atoms with Crippen LogP contribution in [0.3, 0.4) is 0 Å². The van der Waals surface area contributed by atoms with Crippen LogP contribution in [0.1, 0.15) is 10.9 Å². The highest BCUT2D eigenvalue weighted by Crippen LogP contribution is 2.43. The second kappa shape index (κ2) is 9.85. The van der Waals surface area contributed by atoms with E-state index in [0.717, 1.165) is 5.56 Å². The molecule has 0 bridgehead atoms. The summed E-state index contributed by atoms with van der Waals surface area (Å²) in [7, 11) is 0. The highest BCUT2D eigenvalue weighted by atomic mass is 35.5. The molecular formula is C24H17ClF2N6OS. The average Bonchev–Trinajstić information content (AvgIpc) is 3.23. The van der Waals surface area contributed by atoms with E-state index in [0.29, 0.717) is 16.4 Å². The number of rotatable bonds is 6. The molecule has 1 aliphatic rings. The number of hydrogen-bond acceptors (Lipinski definition) is 7. The van der Waals surface area contributed by atoms with Gasteiger partial charge in [0.15, 0.2) is 0 Å². The van der Waals surface area contributed by atoms with Gasteiger partial charge in [-0.2, -0.15) is 15.0 Å². The van der Waals surface area contributed by atoms with Crippen molar-refractivity contribution in [2.45, 2.75) is 5.37 Å². The molecule has 7 nitrogen and oxygen atoms in total. The summed E-state index contributed by atoms with van der Waals surface area (Å²) in [5.74, 6) is -0.354. The van der Waals surface area contributed by atoms with Gasteiger partial charge in [-0.25, -0.2) is 8.78 Å². The van der Waals surface area contributed by atoms with Crippen molar-refractivity contribution in [2.75, 3.05) is 21.3 Å². The molecule has 2 heterocycles. The van der Waals surface area contributed by atoms with Crippen LogP contribution in [0.25, 0.3) is 0 Å². The molecule has 176 valence electrons. The third-order valence-electron chi connectivity index (χ3n) is 5.08. The second-order valence-electron chi connectivity index (χ2n) is 7.50. The lowest BCUT2D eigenvalue weighted by Gasteiger charge is -2.23. The molecule has 0 radical (unpaired) electrons. The molecule has 11 heteroatoms. The summed E-state index contributed by atoms with van der Waals surface area (Å²) in [5.41, 5.74) is 1.84. The van der Waals surface area contributed by atoms with Gasteiger partial charge in [0.2, 0.25) is 23.8 Å². The Hall–Kier alpha value is -3.76. The molecule has 1 aromatic heterocycles. The van der Waals surface area contributed by atoms with E-state index in [1.54, 1.807) is 6.07 Å². The minimum atomic E-state index is -0.434. The predicted octanol–water partition coefficient (Wildman–Crippen LogP) is 6.07. The largest absolute Gasteiger partial charge is 0.324 e. The number of halogens is 3. The zero-order chi connectivity index (χ0) is 24.4. The van der Waals surface area contributed by atoms with Crippen LogP contribution in [0, 0.1) is 11.6 Å². The van der Waals surface area contributed by atoms with E-state index < -0.39 is 5.37 Å². The molecule has 0 aliphatic carbocycles. The quantitative estimate of drug-likeness (QED) is 0.326. The summed E-state index contributed by atoms with van der Waals surface area (Å²) in [4.78, 5) is 27.7. The molecule has 1 saturated heterocycles. The van der Waals surface area contributed by atoms with Crippen molar-refractivity contribution in [1.29, 1.82) is 0 Å². The summed E-state index contributed by atoms with van der Waals surface area (Å²) in [6.45, 7) is 0. The van der Waals surface area contributed by atoms with Crippen LogP contribution in [-0.4, -0.2) is 26.6 Å². The van der Waals surface area contributed by atoms with Crippen molar-refractivity contribution in [3.63, 3.8) is 0 Å². The number of aromatic nitrogens is 3. The van der Waals surface area contributed by atoms with Crippen molar-refractivity contribution in [1.82, 2.24) is 15.0 Å². The summed E-state index contributed by atoms with van der Waals surface area (Å²) >= 11 is 7.83. The zero-order valence-electron chi connectivity index (χ0n) is 18.0. The fourth-order valence-corrected chi connectivity index (χ4v) is 4.94. The van der Waals surface area contributed by atoms with Gasteiger partial charge in [-0.1, -0.05) is 29.8 Å². The number of hydrogen-bond donors (Lipinski definition) is 2. The SMILES string of the molecule is O=C1CSC(c2ccccc2Cl)N1c1nc(Nc2ccc(F)cc2)nc(Nc2ccc(F)cc2)n1. The Morgan fingerprint density at radius 2 is 1.37 bits per heavy atom. The van der Waals surface area contributed by atoms with Gasteiger partial charge in [-0.05, 0) is 54.6 Å². The Labute approximate surface area is 208 Å². The van der Waals surface area contributed by atoms with Crippen LogP contribution in [-0.2, 0) is 4.79 Å². The zero-order valence-corrected chi connectivity index (χ0v) is 19.5. The van der Waals surface area contributed by atoms with Gasteiger partial charge in [0.25, 0.3) is 0 Å². The number of benzene rings is 3. The third-order valence-corrected chi connectivity index (χ3v) is 6.62. The minimum Gasteiger partial charge on any atom is -0.324 e. The maximum atomic E-state index is 13.3. The Morgan fingerprint density at radius 1 is 0.829 bits per heavy atom. The lowest BCUT2D eigenvalue weighted by Crippen LogP contribution is -2.30. The van der Waals surface area contributed by atoms with E-state index >= 15 is 0 Å². The summed E-state index contributed by atoms with van der Waals surface area (Å²) in [5, 5.41) is 6.11. The van der Waals surface area contributed by atoms with Crippen molar-refractivity contribution >= 4 is 58.5 Å². The Morgan fingerprint density at radius 3 is 1.91 bits per heavy atom. The fraction of sp³-hybridized carbons (Fsp3) is 0.0833. The monoisotopic (exact) mass is 510 g/mol. The number of thioether (sulfide) groups is 1. The van der Waals surface area contributed by atoms with Crippen LogP contribution in [0.4, 0.5) is 38.0 Å². The first-order chi connectivity index (χ1) is 17.0. The predicted molar refractivity (Wildman–Crippen MR) is 133 cm³/mol. The first-order valence-electron chi connectivity index (χ1n) is 10.5. The van der Waals surface area contributed by atoms with Crippen LogP contribution in [0.2, 0.25) is 5.02 Å². The van der Waals surface area contributed by atoms with E-state index in [1.807, 2.05) is 18.2 Å². The van der Waals surface area contributed by atoms with Crippen LogP contribution in [0.15, 0.2) is 72.8 Å². The number of carbonyl (C=O) groups is 1. The van der Waals surface area contributed by atoms with Gasteiger partial charge in [0.1, 0.15) is 17.0 Å². The lowest BCUT2D eigenvalue weighted by molar-refractivity contribution is -0.115. The van der Waals surface area contributed by atoms with Crippen LogP contribution >= 0.6 is 23.4 Å². The van der Waals surface area contributed by atoms with Gasteiger partial charge < -0.3 is 10.6 Å². The molecule has 1 unspecified atom stereocenters. The molecule has 5 rings (SSSR count). The first-order valence-corrected chi connectivity index (χ1v) is 11.9. The molecule has 1 atom stereocenters. The molecule has 4 aromatic rings. The smallest absolute Gasteiger partial charge is 0.240 e. The van der Waals surface area contributed by atoms with E-state index in [-0.39, 0.29) is 41.1 Å². The van der Waals surface area contributed by atoms with E-state index in [1.165, 1.54) is 65.2 Å². The summed E-state index contributed by atoms with van der Waals surface area (Å²) in [6.07, 6.45) is 0. The van der Waals surface area contributed by atoms with Crippen LogP contribution < -0.4 is 15.5 Å². The van der Waals surface area contributed by atoms with Crippen molar-refractivity contribution in [2.24, 2.45) is 0 Å². The Bertz CT molecular complexity index is 1310. The maximum absolute atomic E-state index is 13.3. The Balaban J connectivity index is 1.55. The first kappa shape index (κ1) is 23.0. The molecule has 1 amide bonds. The standard InChI is InChI=1S/C24H17ClF2N6OS/c25-19-4-2-1-3-18(19)21-33(20(34)13-35-21)24-31-22(28-16-9-5-14(26)6-10-16)30-23(32-24)29-17-11-7-15(27)8-12-17/h1-12,21H,13H2,(H2,28,29,30,31,32). The summed E-state index contributed by atoms with van der Waals surface area (Å²) in [6, 6.07) is 18.6. The molecule has 0 saturated carbocycles. The van der Waals surface area contributed by atoms with Crippen LogP contribution in [0.5, 0.6) is 0 Å². The molecule has 2 N–H and O–H groups in total. The topological polar surface area (TPSA) is 83.0 Å². The number of amides is 1. The van der Waals surface area contributed by atoms with E-state index in [2.05, 4.69) is 25.6 Å². The number of nitrogens with one attached hydrogen (secondary N) is 2. The molecular weight excluding hydrogens is 494 g/mol. The van der Waals surface area contributed by atoms with Gasteiger partial charge >= 0.3 is 0 Å². The Kier molecular flexibility index (Phi) is 6.47. The average molecular weight is 511 g/mol. The van der Waals surface area contributed by atoms with E-state index in [4.69, 9.17) is 11.6 Å². The van der Waals surface area contributed by atoms with Gasteiger partial charge in [0, 0.05) is 22.0 Å².